The van der Waals surface area contributed by atoms with Crippen molar-refractivity contribution in [3.8, 4) is 0 Å². The zero-order valence-corrected chi connectivity index (χ0v) is 17.0. The Labute approximate surface area is 171 Å². The summed E-state index contributed by atoms with van der Waals surface area (Å²) in [7, 11) is 0. The van der Waals surface area contributed by atoms with E-state index in [9.17, 15) is 4.79 Å². The lowest BCUT2D eigenvalue weighted by atomic mass is 9.95. The van der Waals surface area contributed by atoms with Gasteiger partial charge in [0.15, 0.2) is 0 Å². The number of benzene rings is 2. The summed E-state index contributed by atoms with van der Waals surface area (Å²) in [6.07, 6.45) is 4.28. The molecule has 1 fully saturated rings. The van der Waals surface area contributed by atoms with E-state index in [-0.39, 0.29) is 11.9 Å². The first-order valence-corrected chi connectivity index (χ1v) is 10.4. The van der Waals surface area contributed by atoms with Crippen LogP contribution < -0.4 is 0 Å². The van der Waals surface area contributed by atoms with Crippen molar-refractivity contribution in [2.45, 2.75) is 38.6 Å². The van der Waals surface area contributed by atoms with E-state index in [0.29, 0.717) is 18.0 Å². The number of rotatable bonds is 4. The summed E-state index contributed by atoms with van der Waals surface area (Å²) in [6.45, 7) is 4.52. The molecule has 1 amide bonds. The highest BCUT2D eigenvalue weighted by atomic mass is 35.5. The molecular weight excluding hydrogens is 370 g/mol. The molecule has 0 saturated carbocycles. The van der Waals surface area contributed by atoms with Gasteiger partial charge in [0.2, 0.25) is 0 Å². The smallest absolute Gasteiger partial charge is 0.257 e. The van der Waals surface area contributed by atoms with Gasteiger partial charge in [0.25, 0.3) is 5.91 Å². The maximum Gasteiger partial charge on any atom is 0.257 e. The molecule has 2 heterocycles. The van der Waals surface area contributed by atoms with E-state index in [2.05, 4.69) is 24.0 Å². The fourth-order valence-corrected chi connectivity index (χ4v) is 4.43. The van der Waals surface area contributed by atoms with E-state index < -0.39 is 0 Å². The minimum absolute atomic E-state index is 0.0669. The largest absolute Gasteiger partial charge is 0.294 e. The maximum atomic E-state index is 13.2. The van der Waals surface area contributed by atoms with Crippen molar-refractivity contribution >= 4 is 23.2 Å². The third-order valence-electron chi connectivity index (χ3n) is 5.71. The number of carbonyl (C=O) groups excluding carboxylic acids is 1. The van der Waals surface area contributed by atoms with Crippen molar-refractivity contribution in [2.75, 3.05) is 19.6 Å². The highest BCUT2D eigenvalue weighted by Gasteiger charge is 2.35. The topological polar surface area (TPSA) is 35.9 Å². The van der Waals surface area contributed by atoms with Gasteiger partial charge in [-0.25, -0.2) is 5.01 Å². The molecule has 5 heteroatoms. The minimum Gasteiger partial charge on any atom is -0.294 e. The summed E-state index contributed by atoms with van der Waals surface area (Å²) in [5, 5.41) is 7.15. The van der Waals surface area contributed by atoms with E-state index in [0.717, 1.165) is 29.9 Å². The number of likely N-dealkylation sites (tertiary alicyclic amines) is 1. The first kappa shape index (κ1) is 19.2. The van der Waals surface area contributed by atoms with Gasteiger partial charge in [-0.1, -0.05) is 60.5 Å². The molecule has 0 spiro atoms. The second-order valence-electron chi connectivity index (χ2n) is 7.68. The van der Waals surface area contributed by atoms with Crippen LogP contribution in [0.15, 0.2) is 53.6 Å². The lowest BCUT2D eigenvalue weighted by molar-refractivity contribution is -0.134. The van der Waals surface area contributed by atoms with Crippen molar-refractivity contribution in [1.29, 1.82) is 0 Å². The zero-order valence-electron chi connectivity index (χ0n) is 16.3. The van der Waals surface area contributed by atoms with E-state index in [1.165, 1.54) is 24.8 Å². The predicted octanol–water partition coefficient (Wildman–Crippen LogP) is 4.81. The second-order valence-corrected chi connectivity index (χ2v) is 8.09. The Hall–Kier alpha value is -2.17. The van der Waals surface area contributed by atoms with Gasteiger partial charge in [-0.3, -0.25) is 9.69 Å². The molecule has 2 aromatic rings. The number of hydrogen-bond acceptors (Lipinski definition) is 3. The summed E-state index contributed by atoms with van der Waals surface area (Å²) in [4.78, 5) is 15.5. The van der Waals surface area contributed by atoms with E-state index in [1.54, 1.807) is 5.01 Å². The molecule has 1 atom stereocenters. The summed E-state index contributed by atoms with van der Waals surface area (Å²) in [6, 6.07) is 15.9. The van der Waals surface area contributed by atoms with Crippen LogP contribution in [0.5, 0.6) is 0 Å². The van der Waals surface area contributed by atoms with E-state index >= 15 is 0 Å². The van der Waals surface area contributed by atoms with Gasteiger partial charge in [-0.05, 0) is 50.0 Å². The molecule has 146 valence electrons. The van der Waals surface area contributed by atoms with E-state index in [1.807, 2.05) is 36.4 Å². The number of piperidine rings is 1. The molecular formula is C23H26ClN3O. The molecule has 1 saturated heterocycles. The van der Waals surface area contributed by atoms with Gasteiger partial charge in [0.05, 0.1) is 18.3 Å². The fraction of sp³-hybridized carbons (Fsp3) is 0.391. The van der Waals surface area contributed by atoms with Crippen molar-refractivity contribution in [3.05, 3.63) is 70.2 Å². The highest BCUT2D eigenvalue weighted by molar-refractivity contribution is 6.34. The Balaban J connectivity index is 1.64. The molecule has 2 aliphatic rings. The van der Waals surface area contributed by atoms with Crippen molar-refractivity contribution in [1.82, 2.24) is 9.91 Å². The van der Waals surface area contributed by atoms with Crippen LogP contribution in [0.25, 0.3) is 0 Å². The Kier molecular flexibility index (Phi) is 5.79. The molecule has 0 N–H and O–H groups in total. The zero-order chi connectivity index (χ0) is 19.5. The summed E-state index contributed by atoms with van der Waals surface area (Å²) in [5.74, 6) is 0.0669. The number of hydrazone groups is 1. The number of amides is 1. The first-order chi connectivity index (χ1) is 13.6. The first-order valence-electron chi connectivity index (χ1n) is 10.1. The Morgan fingerprint density at radius 1 is 1.07 bits per heavy atom. The number of halogens is 1. The molecule has 0 aliphatic carbocycles. The van der Waals surface area contributed by atoms with Crippen molar-refractivity contribution in [2.24, 2.45) is 5.10 Å². The average Bonchev–Trinajstić information content (AvgIpc) is 3.14. The predicted molar refractivity (Wildman–Crippen MR) is 114 cm³/mol. The normalized spacial score (nSPS) is 20.3. The molecule has 0 bridgehead atoms. The fourth-order valence-electron chi connectivity index (χ4n) is 4.18. The lowest BCUT2D eigenvalue weighted by Crippen LogP contribution is -2.40. The number of aryl methyl sites for hydroxylation is 1. The van der Waals surface area contributed by atoms with Crippen LogP contribution in [0.2, 0.25) is 5.02 Å². The molecule has 0 unspecified atom stereocenters. The van der Waals surface area contributed by atoms with Crippen LogP contribution in [-0.2, 0) is 4.79 Å². The number of nitrogens with zero attached hydrogens (tertiary/aromatic N) is 3. The van der Waals surface area contributed by atoms with Gasteiger partial charge in [-0.15, -0.1) is 0 Å². The SMILES string of the molecule is Cc1ccccc1[C@H]1CC(c2ccccc2Cl)=NN1C(=O)CN1CCCCC1. The van der Waals surface area contributed by atoms with Gasteiger partial charge >= 0.3 is 0 Å². The molecule has 2 aromatic carbocycles. The van der Waals surface area contributed by atoms with Crippen LogP contribution in [0.4, 0.5) is 0 Å². The Morgan fingerprint density at radius 3 is 2.54 bits per heavy atom. The quantitative estimate of drug-likeness (QED) is 0.744. The summed E-state index contributed by atoms with van der Waals surface area (Å²) in [5.41, 5.74) is 4.13. The third kappa shape index (κ3) is 3.98. The molecule has 28 heavy (non-hydrogen) atoms. The van der Waals surface area contributed by atoms with Crippen LogP contribution >= 0.6 is 11.6 Å². The number of hydrogen-bond donors (Lipinski definition) is 0. The summed E-state index contributed by atoms with van der Waals surface area (Å²) >= 11 is 6.42. The van der Waals surface area contributed by atoms with Gasteiger partial charge in [0.1, 0.15) is 0 Å². The molecule has 0 aromatic heterocycles. The maximum absolute atomic E-state index is 13.2. The second kappa shape index (κ2) is 8.46. The average molecular weight is 396 g/mol. The third-order valence-corrected chi connectivity index (χ3v) is 6.04. The van der Waals surface area contributed by atoms with Crippen molar-refractivity contribution in [3.63, 3.8) is 0 Å². The Morgan fingerprint density at radius 2 is 1.79 bits per heavy atom. The van der Waals surface area contributed by atoms with Crippen LogP contribution in [0.1, 0.15) is 48.4 Å². The van der Waals surface area contributed by atoms with E-state index in [4.69, 9.17) is 16.7 Å². The minimum atomic E-state index is -0.0789. The monoisotopic (exact) mass is 395 g/mol. The highest BCUT2D eigenvalue weighted by Crippen LogP contribution is 2.35. The standard InChI is InChI=1S/C23H26ClN3O/c1-17-9-3-4-10-18(17)22-15-21(19-11-5-6-12-20(19)24)25-27(22)23(28)16-26-13-7-2-8-14-26/h3-6,9-12,22H,2,7-8,13-16H2,1H3/t22-/m1/s1. The molecule has 4 rings (SSSR count). The molecule has 4 nitrogen and oxygen atoms in total. The number of carbonyl (C=O) groups is 1. The van der Waals surface area contributed by atoms with Crippen molar-refractivity contribution < 1.29 is 4.79 Å². The summed E-state index contributed by atoms with van der Waals surface area (Å²) < 4.78 is 0. The lowest BCUT2D eigenvalue weighted by Gasteiger charge is -2.29. The molecule has 2 aliphatic heterocycles. The Bertz CT molecular complexity index is 889. The van der Waals surface area contributed by atoms with Gasteiger partial charge < -0.3 is 0 Å². The molecule has 0 radical (unpaired) electrons. The van der Waals surface area contributed by atoms with Gasteiger partial charge in [-0.2, -0.15) is 5.10 Å². The van der Waals surface area contributed by atoms with Gasteiger partial charge in [0, 0.05) is 17.0 Å². The van der Waals surface area contributed by atoms with Crippen LogP contribution in [0, 0.1) is 6.92 Å². The van der Waals surface area contributed by atoms with Crippen LogP contribution in [-0.4, -0.2) is 41.2 Å². The van der Waals surface area contributed by atoms with Crippen LogP contribution in [0.3, 0.4) is 0 Å².